The molecule has 148 valence electrons. The number of nitrogens with two attached hydrogens (primary N) is 1. The van der Waals surface area contributed by atoms with Gasteiger partial charge in [0.05, 0.1) is 0 Å². The summed E-state index contributed by atoms with van der Waals surface area (Å²) in [5.74, 6) is 0. The Hall–Kier alpha value is -1.63. The molecule has 0 aromatic heterocycles. The summed E-state index contributed by atoms with van der Waals surface area (Å²) in [6, 6.07) is 17.3. The maximum Gasteiger partial charge on any atom is 0.417 e. The van der Waals surface area contributed by atoms with Gasteiger partial charge in [-0.3, -0.25) is 0 Å². The Morgan fingerprint density at radius 2 is 1.19 bits per heavy atom. The Morgan fingerprint density at radius 3 is 1.44 bits per heavy atom. The third-order valence-electron chi connectivity index (χ3n) is 5.21. The van der Waals surface area contributed by atoms with Crippen molar-refractivity contribution in [3.05, 3.63) is 60.7 Å². The molecule has 2 rings (SSSR count). The summed E-state index contributed by atoms with van der Waals surface area (Å²) < 4.78 is 48.6. The Morgan fingerprint density at radius 1 is 0.815 bits per heavy atom. The molecule has 2 aromatic carbocycles. The van der Waals surface area contributed by atoms with Crippen molar-refractivity contribution in [1.82, 2.24) is 0 Å². The Labute approximate surface area is 160 Å². The van der Waals surface area contributed by atoms with Gasteiger partial charge in [0.15, 0.2) is 5.60 Å². The van der Waals surface area contributed by atoms with Crippen LogP contribution in [0.2, 0.25) is 5.04 Å². The fraction of sp³-hybridized carbons (Fsp3) is 0.429. The van der Waals surface area contributed by atoms with E-state index in [1.165, 1.54) is 6.92 Å². The van der Waals surface area contributed by atoms with Crippen LogP contribution in [0.4, 0.5) is 13.2 Å². The molecule has 2 atom stereocenters. The molecular weight excluding hydrogens is 367 g/mol. The van der Waals surface area contributed by atoms with Crippen LogP contribution in [0.3, 0.4) is 0 Å². The quantitative estimate of drug-likeness (QED) is 0.769. The zero-order valence-corrected chi connectivity index (χ0v) is 17.5. The van der Waals surface area contributed by atoms with Gasteiger partial charge in [0.2, 0.25) is 0 Å². The Kier molecular flexibility index (Phi) is 5.95. The molecule has 2 aromatic rings. The van der Waals surface area contributed by atoms with Crippen LogP contribution in [0.25, 0.3) is 0 Å². The first kappa shape index (κ1) is 21.7. The first-order valence-corrected chi connectivity index (χ1v) is 10.9. The second kappa shape index (κ2) is 7.41. The van der Waals surface area contributed by atoms with Crippen molar-refractivity contribution < 1.29 is 17.6 Å². The predicted molar refractivity (Wildman–Crippen MR) is 107 cm³/mol. The molecule has 0 bridgehead atoms. The molecule has 0 saturated heterocycles. The fourth-order valence-electron chi connectivity index (χ4n) is 3.38. The van der Waals surface area contributed by atoms with Gasteiger partial charge in [-0.2, -0.15) is 13.2 Å². The summed E-state index contributed by atoms with van der Waals surface area (Å²) in [5, 5.41) is 1.02. The summed E-state index contributed by atoms with van der Waals surface area (Å²) in [6.45, 7) is 8.24. The lowest BCUT2D eigenvalue weighted by atomic mass is 9.98. The summed E-state index contributed by atoms with van der Waals surface area (Å²) in [7, 11) is -3.36. The lowest BCUT2D eigenvalue weighted by Gasteiger charge is -2.50. The van der Waals surface area contributed by atoms with Crippen LogP contribution in [0.5, 0.6) is 0 Å². The summed E-state index contributed by atoms with van der Waals surface area (Å²) in [6.07, 6.45) is -4.60. The first-order valence-electron chi connectivity index (χ1n) is 9.00. The second-order valence-electron chi connectivity index (χ2n) is 8.16. The minimum Gasteiger partial charge on any atom is -0.392 e. The molecule has 0 amide bonds. The van der Waals surface area contributed by atoms with Gasteiger partial charge in [-0.1, -0.05) is 81.4 Å². The summed E-state index contributed by atoms with van der Waals surface area (Å²) in [5.41, 5.74) is 3.37. The van der Waals surface area contributed by atoms with Gasteiger partial charge in [-0.25, -0.2) is 0 Å². The van der Waals surface area contributed by atoms with Gasteiger partial charge in [0, 0.05) is 6.04 Å². The topological polar surface area (TPSA) is 35.2 Å². The normalized spacial score (nSPS) is 16.6. The number of halogens is 3. The highest BCUT2D eigenvalue weighted by Crippen LogP contribution is 2.44. The molecule has 0 saturated carbocycles. The minimum atomic E-state index is -4.60. The van der Waals surface area contributed by atoms with E-state index < -0.39 is 31.2 Å². The molecule has 0 fully saturated rings. The molecule has 2 N–H and O–H groups in total. The standard InChI is InChI=1S/C21H28F3NOSi/c1-16(25)20(5,21(22,23)24)26-27(19(2,3)4,17-12-8-6-9-13-17)18-14-10-7-11-15-18/h6-16H,25H2,1-5H3/t16-,20-/m1/s1. The second-order valence-corrected chi connectivity index (χ2v) is 12.4. The highest BCUT2D eigenvalue weighted by Gasteiger charge is 2.62. The van der Waals surface area contributed by atoms with Gasteiger partial charge in [0.25, 0.3) is 8.32 Å². The van der Waals surface area contributed by atoms with Crippen LogP contribution in [0, 0.1) is 0 Å². The maximum absolute atomic E-state index is 14.1. The van der Waals surface area contributed by atoms with Crippen molar-refractivity contribution in [2.24, 2.45) is 5.73 Å². The summed E-state index contributed by atoms with van der Waals surface area (Å²) >= 11 is 0. The van der Waals surface area contributed by atoms with E-state index in [4.69, 9.17) is 10.2 Å². The van der Waals surface area contributed by atoms with Crippen molar-refractivity contribution in [1.29, 1.82) is 0 Å². The highest BCUT2D eigenvalue weighted by molar-refractivity contribution is 6.99. The third-order valence-corrected chi connectivity index (χ3v) is 10.3. The van der Waals surface area contributed by atoms with E-state index in [2.05, 4.69) is 0 Å². The van der Waals surface area contributed by atoms with Crippen LogP contribution in [-0.2, 0) is 4.43 Å². The molecule has 0 aliphatic rings. The summed E-state index contributed by atoms with van der Waals surface area (Å²) in [4.78, 5) is 0. The van der Waals surface area contributed by atoms with Crippen molar-refractivity contribution >= 4 is 18.7 Å². The van der Waals surface area contributed by atoms with Crippen LogP contribution < -0.4 is 16.1 Å². The zero-order valence-electron chi connectivity index (χ0n) is 16.5. The lowest BCUT2D eigenvalue weighted by molar-refractivity contribution is -0.250. The van der Waals surface area contributed by atoms with Gasteiger partial charge >= 0.3 is 6.18 Å². The Bertz CT molecular complexity index is 702. The van der Waals surface area contributed by atoms with Gasteiger partial charge < -0.3 is 10.2 Å². The van der Waals surface area contributed by atoms with Crippen LogP contribution >= 0.6 is 0 Å². The average Bonchev–Trinajstić information content (AvgIpc) is 2.58. The first-order chi connectivity index (χ1) is 12.4. The molecule has 0 aliphatic carbocycles. The number of hydrogen-bond acceptors (Lipinski definition) is 2. The number of alkyl halides is 3. The smallest absolute Gasteiger partial charge is 0.392 e. The van der Waals surface area contributed by atoms with E-state index in [-0.39, 0.29) is 0 Å². The van der Waals surface area contributed by atoms with Gasteiger partial charge in [0.1, 0.15) is 0 Å². The molecule has 6 heteroatoms. The van der Waals surface area contributed by atoms with Crippen molar-refractivity contribution in [3.8, 4) is 0 Å². The van der Waals surface area contributed by atoms with E-state index in [0.717, 1.165) is 17.3 Å². The molecule has 0 heterocycles. The number of rotatable bonds is 5. The molecule has 0 radical (unpaired) electrons. The van der Waals surface area contributed by atoms with Crippen molar-refractivity contribution in [2.45, 2.75) is 57.5 Å². The van der Waals surface area contributed by atoms with Crippen molar-refractivity contribution in [3.63, 3.8) is 0 Å². The molecule has 0 unspecified atom stereocenters. The fourth-order valence-corrected chi connectivity index (χ4v) is 8.25. The van der Waals surface area contributed by atoms with E-state index >= 15 is 0 Å². The van der Waals surface area contributed by atoms with E-state index in [9.17, 15) is 13.2 Å². The largest absolute Gasteiger partial charge is 0.417 e. The maximum atomic E-state index is 14.1. The molecule has 2 nitrogen and oxygen atoms in total. The average molecular weight is 396 g/mol. The van der Waals surface area contributed by atoms with Gasteiger partial charge in [-0.15, -0.1) is 0 Å². The van der Waals surface area contributed by atoms with Crippen LogP contribution in [-0.4, -0.2) is 26.1 Å². The molecule has 27 heavy (non-hydrogen) atoms. The number of hydrogen-bond donors (Lipinski definition) is 1. The van der Waals surface area contributed by atoms with Crippen LogP contribution in [0.15, 0.2) is 60.7 Å². The minimum absolute atomic E-state index is 0.558. The van der Waals surface area contributed by atoms with E-state index in [1.54, 1.807) is 0 Å². The van der Waals surface area contributed by atoms with Crippen LogP contribution in [0.1, 0.15) is 34.6 Å². The zero-order chi connectivity index (χ0) is 20.5. The molecular formula is C21H28F3NOSi. The lowest BCUT2D eigenvalue weighted by Crippen LogP contribution is -2.73. The Balaban J connectivity index is 2.85. The van der Waals surface area contributed by atoms with E-state index in [0.29, 0.717) is 0 Å². The third kappa shape index (κ3) is 3.84. The predicted octanol–water partition coefficient (Wildman–Crippen LogP) is 4.23. The monoisotopic (exact) mass is 395 g/mol. The number of benzene rings is 2. The SMILES string of the molecule is C[C@@H](N)[C@@](C)(O[Si](c1ccccc1)(c1ccccc1)C(C)(C)C)C(F)(F)F. The van der Waals surface area contributed by atoms with Crippen molar-refractivity contribution in [2.75, 3.05) is 0 Å². The van der Waals surface area contributed by atoms with E-state index in [1.807, 2.05) is 81.4 Å². The van der Waals surface area contributed by atoms with Gasteiger partial charge in [-0.05, 0) is 29.3 Å². The molecule has 0 aliphatic heterocycles. The molecule has 0 spiro atoms. The highest BCUT2D eigenvalue weighted by atomic mass is 28.4.